The molecule has 5 rings (SSSR count). The zero-order valence-corrected chi connectivity index (χ0v) is 14.7. The molecular weight excluding hydrogens is 337 g/mol. The minimum Gasteiger partial charge on any atom is -0.398 e. The summed E-state index contributed by atoms with van der Waals surface area (Å²) in [6.07, 6.45) is 7.91. The van der Waals surface area contributed by atoms with Gasteiger partial charge in [-0.25, -0.2) is 9.37 Å². The van der Waals surface area contributed by atoms with Crippen LogP contribution >= 0.6 is 0 Å². The second-order valence-electron chi connectivity index (χ2n) is 6.87. The van der Waals surface area contributed by atoms with Crippen molar-refractivity contribution in [3.8, 4) is 11.1 Å². The molecule has 0 bridgehead atoms. The molecule has 0 amide bonds. The van der Waals surface area contributed by atoms with E-state index in [4.69, 9.17) is 10.7 Å². The van der Waals surface area contributed by atoms with E-state index in [-0.39, 0.29) is 5.82 Å². The van der Waals surface area contributed by atoms with Crippen LogP contribution in [0.3, 0.4) is 0 Å². The number of aromatic nitrogens is 1. The Morgan fingerprint density at radius 3 is 2.70 bits per heavy atom. The highest BCUT2D eigenvalue weighted by Crippen LogP contribution is 2.40. The van der Waals surface area contributed by atoms with E-state index in [0.717, 1.165) is 34.3 Å². The number of hydrogen-bond acceptors (Lipinski definition) is 3. The molecule has 27 heavy (non-hydrogen) atoms. The van der Waals surface area contributed by atoms with Crippen molar-refractivity contribution in [3.05, 3.63) is 89.5 Å². The van der Waals surface area contributed by atoms with Crippen molar-refractivity contribution in [1.82, 2.24) is 9.88 Å². The van der Waals surface area contributed by atoms with Crippen LogP contribution in [-0.4, -0.2) is 9.88 Å². The first-order valence-corrected chi connectivity index (χ1v) is 8.92. The lowest BCUT2D eigenvalue weighted by atomic mass is 9.95. The van der Waals surface area contributed by atoms with Crippen molar-refractivity contribution in [2.75, 3.05) is 5.73 Å². The molecule has 3 nitrogen and oxygen atoms in total. The Kier molecular flexibility index (Phi) is 3.41. The van der Waals surface area contributed by atoms with Crippen molar-refractivity contribution in [2.45, 2.75) is 13.1 Å². The topological polar surface area (TPSA) is 42.1 Å². The van der Waals surface area contributed by atoms with Crippen LogP contribution in [0.4, 0.5) is 10.1 Å². The number of fused-ring (bicyclic) bond motifs is 2. The molecule has 0 radical (unpaired) electrons. The molecule has 2 aromatic carbocycles. The summed E-state index contributed by atoms with van der Waals surface area (Å²) in [6.45, 7) is 5.28. The molecular formula is C23H18FN3. The van der Waals surface area contributed by atoms with Crippen molar-refractivity contribution in [2.24, 2.45) is 0 Å². The molecule has 0 fully saturated rings. The van der Waals surface area contributed by atoms with Gasteiger partial charge in [-0.15, -0.1) is 0 Å². The van der Waals surface area contributed by atoms with E-state index in [1.54, 1.807) is 12.1 Å². The Labute approximate surface area is 156 Å². The summed E-state index contributed by atoms with van der Waals surface area (Å²) in [5.41, 5.74) is 13.1. The summed E-state index contributed by atoms with van der Waals surface area (Å²) in [4.78, 5) is 7.11. The molecule has 1 aliphatic heterocycles. The molecule has 0 atom stereocenters. The van der Waals surface area contributed by atoms with Crippen LogP contribution in [-0.2, 0) is 13.1 Å². The lowest BCUT2D eigenvalue weighted by molar-refractivity contribution is 0.370. The van der Waals surface area contributed by atoms with Gasteiger partial charge in [-0.3, -0.25) is 0 Å². The van der Waals surface area contributed by atoms with Gasteiger partial charge in [-0.2, -0.15) is 0 Å². The molecule has 0 saturated carbocycles. The Bertz CT molecular complexity index is 1170. The highest BCUT2D eigenvalue weighted by molar-refractivity contribution is 6.02. The minimum atomic E-state index is -0.303. The number of nitrogens with zero attached hydrogens (tertiary/aromatic N) is 2. The number of anilines is 1. The quantitative estimate of drug-likeness (QED) is 0.716. The molecule has 1 aromatic heterocycles. The lowest BCUT2D eigenvalue weighted by Crippen LogP contribution is -2.16. The van der Waals surface area contributed by atoms with Gasteiger partial charge in [-0.05, 0) is 35.4 Å². The summed E-state index contributed by atoms with van der Waals surface area (Å²) in [5, 5.41) is 0.795. The fraction of sp³-hybridized carbons (Fsp3) is 0.0870. The van der Waals surface area contributed by atoms with E-state index in [0.29, 0.717) is 23.3 Å². The van der Waals surface area contributed by atoms with Gasteiger partial charge in [0.1, 0.15) is 5.82 Å². The summed E-state index contributed by atoms with van der Waals surface area (Å²) < 4.78 is 14.9. The maximum atomic E-state index is 14.9. The first kappa shape index (κ1) is 15.8. The fourth-order valence-corrected chi connectivity index (χ4v) is 3.89. The van der Waals surface area contributed by atoms with E-state index < -0.39 is 0 Å². The first-order valence-electron chi connectivity index (χ1n) is 8.92. The third kappa shape index (κ3) is 2.30. The molecule has 132 valence electrons. The Hall–Kier alpha value is -3.40. The number of pyridine rings is 1. The third-order valence-electron chi connectivity index (χ3n) is 5.38. The monoisotopic (exact) mass is 355 g/mol. The van der Waals surface area contributed by atoms with E-state index in [2.05, 4.69) is 23.6 Å². The summed E-state index contributed by atoms with van der Waals surface area (Å²) in [7, 11) is 0. The molecule has 1 aliphatic carbocycles. The number of allylic oxidation sites excluding steroid dienone is 3. The maximum Gasteiger partial charge on any atom is 0.133 e. The Morgan fingerprint density at radius 1 is 1.15 bits per heavy atom. The summed E-state index contributed by atoms with van der Waals surface area (Å²) >= 11 is 0. The second-order valence-corrected chi connectivity index (χ2v) is 6.87. The number of rotatable bonds is 3. The van der Waals surface area contributed by atoms with Gasteiger partial charge in [-0.1, -0.05) is 43.0 Å². The lowest BCUT2D eigenvalue weighted by Gasteiger charge is -2.21. The highest BCUT2D eigenvalue weighted by atomic mass is 19.1. The van der Waals surface area contributed by atoms with Crippen LogP contribution < -0.4 is 5.73 Å². The molecule has 2 N–H and O–H groups in total. The van der Waals surface area contributed by atoms with E-state index in [1.807, 2.05) is 30.3 Å². The highest BCUT2D eigenvalue weighted by Gasteiger charge is 2.27. The molecule has 4 heteroatoms. The van der Waals surface area contributed by atoms with Crippen LogP contribution in [0.15, 0.2) is 66.9 Å². The molecule has 2 aliphatic rings. The van der Waals surface area contributed by atoms with E-state index in [1.165, 1.54) is 11.8 Å². The molecule has 0 unspecified atom stereocenters. The summed E-state index contributed by atoms with van der Waals surface area (Å²) in [6, 6.07) is 10.9. The number of hydrogen-bond donors (Lipinski definition) is 1. The molecule has 0 saturated heterocycles. The van der Waals surface area contributed by atoms with Gasteiger partial charge < -0.3 is 10.6 Å². The molecule has 0 spiro atoms. The SMILES string of the molecule is C=Cc1ccccc1-c1c(F)ccc2c(N)c3c(nc12)CN(C1=CC=C1)C3. The smallest absolute Gasteiger partial charge is 0.133 e. The number of benzene rings is 2. The van der Waals surface area contributed by atoms with Gasteiger partial charge in [0, 0.05) is 34.4 Å². The number of nitrogens with two attached hydrogens (primary N) is 1. The van der Waals surface area contributed by atoms with Gasteiger partial charge in [0.15, 0.2) is 0 Å². The van der Waals surface area contributed by atoms with Gasteiger partial charge >= 0.3 is 0 Å². The molecule has 2 heterocycles. The molecule has 3 aromatic rings. The van der Waals surface area contributed by atoms with Crippen molar-refractivity contribution < 1.29 is 4.39 Å². The summed E-state index contributed by atoms with van der Waals surface area (Å²) in [5.74, 6) is -0.303. The number of halogens is 1. The van der Waals surface area contributed by atoms with Crippen LogP contribution in [0, 0.1) is 5.82 Å². The number of nitrogen functional groups attached to an aromatic ring is 1. The van der Waals surface area contributed by atoms with Gasteiger partial charge in [0.25, 0.3) is 0 Å². The van der Waals surface area contributed by atoms with Crippen molar-refractivity contribution >= 4 is 22.7 Å². The largest absolute Gasteiger partial charge is 0.398 e. The van der Waals surface area contributed by atoms with E-state index in [9.17, 15) is 4.39 Å². The third-order valence-corrected chi connectivity index (χ3v) is 5.38. The first-order chi connectivity index (χ1) is 13.2. The predicted molar refractivity (Wildman–Crippen MR) is 108 cm³/mol. The van der Waals surface area contributed by atoms with Gasteiger partial charge in [0.2, 0.25) is 0 Å². The van der Waals surface area contributed by atoms with E-state index >= 15 is 0 Å². The Morgan fingerprint density at radius 2 is 1.96 bits per heavy atom. The average molecular weight is 355 g/mol. The zero-order valence-electron chi connectivity index (χ0n) is 14.7. The Balaban J connectivity index is 1.75. The normalized spacial score (nSPS) is 14.9. The van der Waals surface area contributed by atoms with Gasteiger partial charge in [0.05, 0.1) is 17.8 Å². The standard InChI is InChI=1S/C23H18FN3/c1-2-14-6-3-4-9-16(14)21-19(24)11-10-17-22(25)18-12-27(15-7-5-8-15)13-20(18)26-23(17)21/h2-11H,1,12-13H2,(H2,25,26). The van der Waals surface area contributed by atoms with Crippen LogP contribution in [0.25, 0.3) is 28.1 Å². The van der Waals surface area contributed by atoms with Crippen LogP contribution in [0.2, 0.25) is 0 Å². The van der Waals surface area contributed by atoms with Crippen LogP contribution in [0.1, 0.15) is 16.8 Å². The fourth-order valence-electron chi connectivity index (χ4n) is 3.89. The van der Waals surface area contributed by atoms with Crippen molar-refractivity contribution in [3.63, 3.8) is 0 Å². The van der Waals surface area contributed by atoms with Crippen LogP contribution in [0.5, 0.6) is 0 Å². The zero-order chi connectivity index (χ0) is 18.5. The minimum absolute atomic E-state index is 0.303. The average Bonchev–Trinajstić information content (AvgIpc) is 3.04. The van der Waals surface area contributed by atoms with Crippen molar-refractivity contribution in [1.29, 1.82) is 0 Å². The predicted octanol–water partition coefficient (Wildman–Crippen LogP) is 5.04. The second kappa shape index (κ2) is 5.81. The maximum absolute atomic E-state index is 14.9.